The second kappa shape index (κ2) is 7.25. The molecule has 0 amide bonds. The number of carbonyl (C=O) groups is 1. The lowest BCUT2D eigenvalue weighted by molar-refractivity contribution is 0.0999. The molecule has 0 N–H and O–H groups in total. The Balaban J connectivity index is 1.78. The molecule has 0 aliphatic heterocycles. The summed E-state index contributed by atoms with van der Waals surface area (Å²) in [6.45, 7) is 4.66. The minimum atomic E-state index is 0.205. The van der Waals surface area contributed by atoms with Crippen LogP contribution in [0, 0.1) is 13.8 Å². The standard InChI is InChI=1S/C21H28N2O/c1-16-14-20(17(2)23(16)19-12-8-5-9-13-19)21(24)15-22(3)18-10-6-4-7-11-18/h4,6-7,10-11,14,19H,5,8-9,12-13,15H2,1-3H3. The first kappa shape index (κ1) is 16.8. The number of Topliss-reactive ketones (excluding diaryl/α,β-unsaturated/α-hetero) is 1. The van der Waals surface area contributed by atoms with Crippen LogP contribution in [0.1, 0.15) is 59.9 Å². The molecule has 1 heterocycles. The normalized spacial score (nSPS) is 15.5. The molecule has 1 aromatic carbocycles. The second-order valence-corrected chi connectivity index (χ2v) is 7.06. The Labute approximate surface area is 145 Å². The van der Waals surface area contributed by atoms with E-state index in [2.05, 4.69) is 24.5 Å². The van der Waals surface area contributed by atoms with Gasteiger partial charge in [0.25, 0.3) is 0 Å². The Bertz CT molecular complexity index is 696. The van der Waals surface area contributed by atoms with Crippen molar-refractivity contribution in [3.05, 3.63) is 53.3 Å². The van der Waals surface area contributed by atoms with Crippen LogP contribution in [0.2, 0.25) is 0 Å². The maximum Gasteiger partial charge on any atom is 0.183 e. The molecule has 1 aliphatic carbocycles. The van der Waals surface area contributed by atoms with Gasteiger partial charge in [0, 0.05) is 35.7 Å². The first-order valence-corrected chi connectivity index (χ1v) is 9.05. The first-order chi connectivity index (χ1) is 11.6. The van der Waals surface area contributed by atoms with Gasteiger partial charge in [0.05, 0.1) is 6.54 Å². The van der Waals surface area contributed by atoms with Crippen molar-refractivity contribution in [2.45, 2.75) is 52.0 Å². The summed E-state index contributed by atoms with van der Waals surface area (Å²) in [5.74, 6) is 0.205. The van der Waals surface area contributed by atoms with Crippen LogP contribution in [0.3, 0.4) is 0 Å². The molecular formula is C21H28N2O. The van der Waals surface area contributed by atoms with E-state index in [4.69, 9.17) is 0 Å². The van der Waals surface area contributed by atoms with Crippen molar-refractivity contribution >= 4 is 11.5 Å². The maximum atomic E-state index is 12.8. The summed E-state index contributed by atoms with van der Waals surface area (Å²) in [7, 11) is 1.98. The molecule has 1 aromatic heterocycles. The molecule has 0 radical (unpaired) electrons. The van der Waals surface area contributed by atoms with E-state index in [-0.39, 0.29) is 5.78 Å². The topological polar surface area (TPSA) is 25.2 Å². The highest BCUT2D eigenvalue weighted by Crippen LogP contribution is 2.32. The zero-order valence-corrected chi connectivity index (χ0v) is 15.1. The van der Waals surface area contributed by atoms with E-state index < -0.39 is 0 Å². The summed E-state index contributed by atoms with van der Waals surface area (Å²) >= 11 is 0. The highest BCUT2D eigenvalue weighted by atomic mass is 16.1. The molecule has 0 saturated heterocycles. The number of carbonyl (C=O) groups excluding carboxylic acids is 1. The maximum absolute atomic E-state index is 12.8. The summed E-state index contributed by atoms with van der Waals surface area (Å²) in [4.78, 5) is 14.9. The molecule has 1 aliphatic rings. The molecule has 0 bridgehead atoms. The summed E-state index contributed by atoms with van der Waals surface area (Å²) in [5.41, 5.74) is 4.34. The van der Waals surface area contributed by atoms with Crippen LogP contribution in [-0.2, 0) is 0 Å². The fourth-order valence-electron chi connectivity index (χ4n) is 4.03. The smallest absolute Gasteiger partial charge is 0.183 e. The third kappa shape index (κ3) is 3.40. The lowest BCUT2D eigenvalue weighted by Crippen LogP contribution is -2.26. The summed E-state index contributed by atoms with van der Waals surface area (Å²) in [5, 5.41) is 0. The van der Waals surface area contributed by atoms with Crippen LogP contribution in [0.25, 0.3) is 0 Å². The number of hydrogen-bond acceptors (Lipinski definition) is 2. The number of ketones is 1. The van der Waals surface area contributed by atoms with Crippen LogP contribution < -0.4 is 4.90 Å². The molecule has 3 heteroatoms. The number of rotatable bonds is 5. The number of likely N-dealkylation sites (N-methyl/N-ethyl adjacent to an activating group) is 1. The monoisotopic (exact) mass is 324 g/mol. The van der Waals surface area contributed by atoms with E-state index in [9.17, 15) is 4.79 Å². The molecule has 1 saturated carbocycles. The average molecular weight is 324 g/mol. The van der Waals surface area contributed by atoms with Gasteiger partial charge in [-0.15, -0.1) is 0 Å². The van der Waals surface area contributed by atoms with Gasteiger partial charge < -0.3 is 9.47 Å². The molecule has 128 valence electrons. The highest BCUT2D eigenvalue weighted by molar-refractivity contribution is 6.00. The van der Waals surface area contributed by atoms with E-state index in [1.54, 1.807) is 0 Å². The van der Waals surface area contributed by atoms with Crippen LogP contribution in [-0.4, -0.2) is 23.9 Å². The zero-order chi connectivity index (χ0) is 17.1. The summed E-state index contributed by atoms with van der Waals surface area (Å²) in [6, 6.07) is 12.8. The Kier molecular flexibility index (Phi) is 5.08. The van der Waals surface area contributed by atoms with E-state index in [0.717, 1.165) is 16.9 Å². The lowest BCUT2D eigenvalue weighted by Gasteiger charge is -2.26. The van der Waals surface area contributed by atoms with Crippen molar-refractivity contribution < 1.29 is 4.79 Å². The van der Waals surface area contributed by atoms with Gasteiger partial charge in [-0.2, -0.15) is 0 Å². The number of aryl methyl sites for hydroxylation is 1. The molecule has 2 aromatic rings. The number of benzene rings is 1. The van der Waals surface area contributed by atoms with Crippen molar-refractivity contribution in [1.29, 1.82) is 0 Å². The van der Waals surface area contributed by atoms with Crippen molar-refractivity contribution in [3.8, 4) is 0 Å². The van der Waals surface area contributed by atoms with Gasteiger partial charge in [-0.05, 0) is 44.9 Å². The van der Waals surface area contributed by atoms with Crippen molar-refractivity contribution in [2.24, 2.45) is 0 Å². The first-order valence-electron chi connectivity index (χ1n) is 9.05. The van der Waals surface area contributed by atoms with E-state index in [0.29, 0.717) is 12.6 Å². The molecule has 24 heavy (non-hydrogen) atoms. The molecule has 3 rings (SSSR count). The number of aromatic nitrogens is 1. The number of para-hydroxylation sites is 1. The Hall–Kier alpha value is -2.03. The number of hydrogen-bond donors (Lipinski definition) is 0. The molecular weight excluding hydrogens is 296 g/mol. The van der Waals surface area contributed by atoms with Crippen LogP contribution >= 0.6 is 0 Å². The van der Waals surface area contributed by atoms with Crippen molar-refractivity contribution in [2.75, 3.05) is 18.5 Å². The highest BCUT2D eigenvalue weighted by Gasteiger charge is 2.23. The summed E-state index contributed by atoms with van der Waals surface area (Å²) < 4.78 is 2.41. The minimum absolute atomic E-state index is 0.205. The van der Waals surface area contributed by atoms with Gasteiger partial charge in [0.1, 0.15) is 0 Å². The SMILES string of the molecule is Cc1cc(C(=O)CN(C)c2ccccc2)c(C)n1C1CCCCC1. The van der Waals surface area contributed by atoms with Gasteiger partial charge >= 0.3 is 0 Å². The second-order valence-electron chi connectivity index (χ2n) is 7.06. The largest absolute Gasteiger partial charge is 0.367 e. The average Bonchev–Trinajstić information content (AvgIpc) is 2.91. The van der Waals surface area contributed by atoms with Gasteiger partial charge in [-0.25, -0.2) is 0 Å². The molecule has 3 nitrogen and oxygen atoms in total. The van der Waals surface area contributed by atoms with Crippen LogP contribution in [0.5, 0.6) is 0 Å². The molecule has 1 fully saturated rings. The number of anilines is 1. The zero-order valence-electron chi connectivity index (χ0n) is 15.1. The van der Waals surface area contributed by atoms with Gasteiger partial charge in [-0.1, -0.05) is 37.5 Å². The third-order valence-electron chi connectivity index (χ3n) is 5.30. The Morgan fingerprint density at radius 3 is 2.46 bits per heavy atom. The fourth-order valence-corrected chi connectivity index (χ4v) is 4.03. The predicted octanol–water partition coefficient (Wildman–Crippen LogP) is 4.93. The molecule has 0 atom stereocenters. The van der Waals surface area contributed by atoms with Crippen LogP contribution in [0.4, 0.5) is 5.69 Å². The van der Waals surface area contributed by atoms with E-state index in [1.165, 1.54) is 37.8 Å². The third-order valence-corrected chi connectivity index (χ3v) is 5.30. The fraction of sp³-hybridized carbons (Fsp3) is 0.476. The quantitative estimate of drug-likeness (QED) is 0.729. The van der Waals surface area contributed by atoms with E-state index >= 15 is 0 Å². The number of nitrogens with zero attached hydrogens (tertiary/aromatic N) is 2. The van der Waals surface area contributed by atoms with Crippen molar-refractivity contribution in [3.63, 3.8) is 0 Å². The molecule has 0 spiro atoms. The minimum Gasteiger partial charge on any atom is -0.367 e. The van der Waals surface area contributed by atoms with Gasteiger partial charge in [0.2, 0.25) is 0 Å². The summed E-state index contributed by atoms with van der Waals surface area (Å²) in [6.07, 6.45) is 6.45. The predicted molar refractivity (Wildman–Crippen MR) is 100 cm³/mol. The van der Waals surface area contributed by atoms with Gasteiger partial charge in [-0.3, -0.25) is 4.79 Å². The lowest BCUT2D eigenvalue weighted by atomic mass is 9.95. The van der Waals surface area contributed by atoms with Crippen molar-refractivity contribution in [1.82, 2.24) is 4.57 Å². The Morgan fingerprint density at radius 1 is 1.12 bits per heavy atom. The van der Waals surface area contributed by atoms with E-state index in [1.807, 2.05) is 42.3 Å². The van der Waals surface area contributed by atoms with Crippen LogP contribution in [0.15, 0.2) is 36.4 Å². The Morgan fingerprint density at radius 2 is 1.79 bits per heavy atom. The molecule has 0 unspecified atom stereocenters. The van der Waals surface area contributed by atoms with Gasteiger partial charge in [0.15, 0.2) is 5.78 Å².